The molecule has 212 valence electrons. The number of halogens is 1. The average molecular weight is 575 g/mol. The van der Waals surface area contributed by atoms with E-state index in [1.165, 1.54) is 24.3 Å². The zero-order valence-corrected chi connectivity index (χ0v) is 24.1. The maximum absolute atomic E-state index is 13.2. The molecule has 1 aliphatic heterocycles. The summed E-state index contributed by atoms with van der Waals surface area (Å²) in [6.45, 7) is 8.43. The molecule has 9 heteroatoms. The van der Waals surface area contributed by atoms with Gasteiger partial charge in [-0.05, 0) is 66.4 Å². The van der Waals surface area contributed by atoms with Gasteiger partial charge in [-0.3, -0.25) is 9.59 Å². The second-order valence-electron chi connectivity index (χ2n) is 10.5. The molecule has 0 unspecified atom stereocenters. The zero-order valence-electron chi connectivity index (χ0n) is 23.3. The third-order valence-electron chi connectivity index (χ3n) is 6.41. The lowest BCUT2D eigenvalue weighted by molar-refractivity contribution is -0.120. The summed E-state index contributed by atoms with van der Waals surface area (Å²) in [7, 11) is 0. The third-order valence-corrected chi connectivity index (χ3v) is 6.76. The largest absolute Gasteiger partial charge is 0.462 e. The van der Waals surface area contributed by atoms with Crippen LogP contribution in [0.4, 0.5) is 11.4 Å². The fraction of sp³-hybridized carbons (Fsp3) is 0.250. The van der Waals surface area contributed by atoms with Crippen LogP contribution in [-0.4, -0.2) is 30.4 Å². The molecule has 0 atom stereocenters. The fourth-order valence-corrected chi connectivity index (χ4v) is 4.37. The van der Waals surface area contributed by atoms with E-state index < -0.39 is 23.8 Å². The van der Waals surface area contributed by atoms with Gasteiger partial charge in [-0.2, -0.15) is 0 Å². The topological polar surface area (TPSA) is 102 Å². The summed E-state index contributed by atoms with van der Waals surface area (Å²) in [6.07, 6.45) is 1.66. The predicted octanol–water partition coefficient (Wildman–Crippen LogP) is 6.60. The van der Waals surface area contributed by atoms with Crippen molar-refractivity contribution in [1.82, 2.24) is 0 Å². The summed E-state index contributed by atoms with van der Waals surface area (Å²) in [4.78, 5) is 51.9. The molecule has 0 aliphatic carbocycles. The van der Waals surface area contributed by atoms with Crippen LogP contribution >= 0.6 is 11.6 Å². The van der Waals surface area contributed by atoms with E-state index in [-0.39, 0.29) is 21.8 Å². The van der Waals surface area contributed by atoms with Crippen molar-refractivity contribution in [1.29, 1.82) is 0 Å². The van der Waals surface area contributed by atoms with E-state index in [1.807, 2.05) is 45.9 Å². The summed E-state index contributed by atoms with van der Waals surface area (Å²) >= 11 is 6.25. The van der Waals surface area contributed by atoms with Crippen molar-refractivity contribution in [3.8, 4) is 5.75 Å². The lowest BCUT2D eigenvalue weighted by atomic mass is 9.86. The van der Waals surface area contributed by atoms with Crippen LogP contribution < -0.4 is 15.0 Å². The van der Waals surface area contributed by atoms with E-state index in [1.54, 1.807) is 30.3 Å². The number of esters is 2. The number of rotatable bonds is 9. The number of hydrogen-bond acceptors (Lipinski definition) is 7. The van der Waals surface area contributed by atoms with Crippen LogP contribution in [0.15, 0.2) is 83.5 Å². The first-order chi connectivity index (χ1) is 19.5. The monoisotopic (exact) mass is 574 g/mol. The van der Waals surface area contributed by atoms with Crippen LogP contribution in [0.1, 0.15) is 66.8 Å². The Hall–Kier alpha value is -4.43. The number of amides is 2. The molecule has 0 aromatic heterocycles. The fourth-order valence-electron chi connectivity index (χ4n) is 4.15. The highest BCUT2D eigenvalue weighted by Gasteiger charge is 2.39. The molecule has 1 aliphatic rings. The van der Waals surface area contributed by atoms with E-state index in [4.69, 9.17) is 21.1 Å². The van der Waals surface area contributed by atoms with Gasteiger partial charge >= 0.3 is 11.9 Å². The van der Waals surface area contributed by atoms with E-state index in [2.05, 4.69) is 5.32 Å². The standard InChI is InChI=1S/C32H31ClN2O6/c1-5-6-19-40-30(38)20-13-17-23(18-14-20)35-28(36)26(33)27(29(35)37)34-22-15-11-21(12-16-22)31(39)41-25-10-8-7-9-24(25)32(2,3)4/h7-18,34H,5-6,19H2,1-4H3. The SMILES string of the molecule is CCCCOC(=O)c1ccc(N2C(=O)C(Cl)=C(Nc3ccc(C(=O)Oc4ccccc4C(C)(C)C)cc3)C2=O)cc1. The number of anilines is 2. The number of carbonyl (C=O) groups is 4. The number of hydrogen-bond donors (Lipinski definition) is 1. The molecule has 3 aromatic rings. The number of nitrogens with one attached hydrogen (secondary N) is 1. The van der Waals surface area contributed by atoms with Crippen LogP contribution in [0, 0.1) is 0 Å². The summed E-state index contributed by atoms with van der Waals surface area (Å²) < 4.78 is 10.9. The van der Waals surface area contributed by atoms with Gasteiger partial charge in [-0.25, -0.2) is 14.5 Å². The molecule has 0 bridgehead atoms. The number of imide groups is 1. The smallest absolute Gasteiger partial charge is 0.343 e. The Balaban J connectivity index is 1.43. The summed E-state index contributed by atoms with van der Waals surface area (Å²) in [5, 5.41) is 2.61. The lowest BCUT2D eigenvalue weighted by Gasteiger charge is -2.22. The highest BCUT2D eigenvalue weighted by Crippen LogP contribution is 2.32. The number of ether oxygens (including phenoxy) is 2. The minimum atomic E-state index is -0.699. The molecule has 4 rings (SSSR count). The number of benzene rings is 3. The normalized spacial score (nSPS) is 13.4. The van der Waals surface area contributed by atoms with Crippen molar-refractivity contribution in [3.05, 3.63) is 100 Å². The first-order valence-electron chi connectivity index (χ1n) is 13.3. The van der Waals surface area contributed by atoms with Crippen LogP contribution in [0.5, 0.6) is 5.75 Å². The van der Waals surface area contributed by atoms with Crippen molar-refractivity contribution in [3.63, 3.8) is 0 Å². The Morgan fingerprint density at radius 3 is 2.10 bits per heavy atom. The number of carbonyl (C=O) groups excluding carboxylic acids is 4. The van der Waals surface area contributed by atoms with E-state index in [0.29, 0.717) is 29.2 Å². The van der Waals surface area contributed by atoms with Crippen LogP contribution in [0.3, 0.4) is 0 Å². The van der Waals surface area contributed by atoms with Crippen molar-refractivity contribution in [2.24, 2.45) is 0 Å². The first kappa shape index (κ1) is 29.6. The summed E-state index contributed by atoms with van der Waals surface area (Å²) in [5.74, 6) is -1.87. The molecule has 0 fully saturated rings. The van der Waals surface area contributed by atoms with Gasteiger partial charge < -0.3 is 14.8 Å². The average Bonchev–Trinajstić information content (AvgIpc) is 3.16. The highest BCUT2D eigenvalue weighted by atomic mass is 35.5. The molecule has 0 saturated heterocycles. The highest BCUT2D eigenvalue weighted by molar-refractivity contribution is 6.53. The van der Waals surface area contributed by atoms with Gasteiger partial charge in [0, 0.05) is 11.3 Å². The maximum Gasteiger partial charge on any atom is 0.343 e. The summed E-state index contributed by atoms with van der Waals surface area (Å²) in [5.41, 5.74) is 1.91. The van der Waals surface area contributed by atoms with Gasteiger partial charge in [0.05, 0.1) is 23.4 Å². The molecule has 41 heavy (non-hydrogen) atoms. The van der Waals surface area contributed by atoms with Gasteiger partial charge in [0.15, 0.2) is 0 Å². The first-order valence-corrected chi connectivity index (χ1v) is 13.6. The van der Waals surface area contributed by atoms with Crippen molar-refractivity contribution in [2.45, 2.75) is 46.0 Å². The third kappa shape index (κ3) is 6.66. The Kier molecular flexibility index (Phi) is 8.93. The molecule has 1 heterocycles. The Morgan fingerprint density at radius 2 is 1.46 bits per heavy atom. The number of unbranched alkanes of at least 4 members (excludes halogenated alkanes) is 1. The van der Waals surface area contributed by atoms with Gasteiger partial charge in [0.2, 0.25) is 0 Å². The van der Waals surface area contributed by atoms with E-state index in [0.717, 1.165) is 23.3 Å². The number of nitrogens with zero attached hydrogens (tertiary/aromatic N) is 1. The van der Waals surface area contributed by atoms with Crippen LogP contribution in [-0.2, 0) is 19.7 Å². The predicted molar refractivity (Wildman–Crippen MR) is 157 cm³/mol. The van der Waals surface area contributed by atoms with Gasteiger partial charge in [0.1, 0.15) is 16.5 Å². The molecule has 1 N–H and O–H groups in total. The molecule has 8 nitrogen and oxygen atoms in total. The minimum absolute atomic E-state index is 0.103. The lowest BCUT2D eigenvalue weighted by Crippen LogP contribution is -2.32. The van der Waals surface area contributed by atoms with Crippen LogP contribution in [0.25, 0.3) is 0 Å². The van der Waals surface area contributed by atoms with Gasteiger partial charge in [0.25, 0.3) is 11.8 Å². The molecule has 0 spiro atoms. The molecular weight excluding hydrogens is 544 g/mol. The second-order valence-corrected chi connectivity index (χ2v) is 10.9. The van der Waals surface area contributed by atoms with Crippen molar-refractivity contribution >= 4 is 46.7 Å². The number of para-hydroxylation sites is 1. The molecule has 0 saturated carbocycles. The van der Waals surface area contributed by atoms with Gasteiger partial charge in [-0.1, -0.05) is 63.9 Å². The maximum atomic E-state index is 13.2. The molecule has 3 aromatic carbocycles. The molecular formula is C32H31ClN2O6. The summed E-state index contributed by atoms with van der Waals surface area (Å²) in [6, 6.07) is 19.6. The van der Waals surface area contributed by atoms with Crippen molar-refractivity contribution < 1.29 is 28.7 Å². The van der Waals surface area contributed by atoms with E-state index >= 15 is 0 Å². The Bertz CT molecular complexity index is 1500. The van der Waals surface area contributed by atoms with Gasteiger partial charge in [-0.15, -0.1) is 0 Å². The molecule has 0 radical (unpaired) electrons. The Labute approximate surface area is 243 Å². The quantitative estimate of drug-likeness (QED) is 0.133. The molecule has 2 amide bonds. The van der Waals surface area contributed by atoms with Crippen molar-refractivity contribution in [2.75, 3.05) is 16.8 Å². The Morgan fingerprint density at radius 1 is 0.854 bits per heavy atom. The second kappa shape index (κ2) is 12.4. The van der Waals surface area contributed by atoms with E-state index in [9.17, 15) is 19.2 Å². The van der Waals surface area contributed by atoms with Crippen LogP contribution in [0.2, 0.25) is 0 Å². The minimum Gasteiger partial charge on any atom is -0.462 e. The zero-order chi connectivity index (χ0) is 29.7.